The molecule has 0 aromatic heterocycles. The SMILES string of the molecule is COCCOC(=O)C1=C(C)N=C2SC=C(CC(=O)N[C@@H]3CCCc4ccccc43)N2[C@@H]1c1ccccc1. The van der Waals surface area contributed by atoms with Crippen molar-refractivity contribution >= 4 is 28.8 Å². The number of carbonyl (C=O) groups excluding carboxylic acids is 2. The van der Waals surface area contributed by atoms with Gasteiger partial charge in [-0.3, -0.25) is 4.79 Å². The molecule has 0 fully saturated rings. The molecule has 0 saturated carbocycles. The van der Waals surface area contributed by atoms with Crippen molar-refractivity contribution in [1.82, 2.24) is 10.2 Å². The number of allylic oxidation sites excluding steroid dienone is 1. The number of nitrogens with one attached hydrogen (secondary N) is 1. The van der Waals surface area contributed by atoms with E-state index in [1.54, 1.807) is 7.11 Å². The summed E-state index contributed by atoms with van der Waals surface area (Å²) in [6.45, 7) is 2.31. The first kappa shape index (κ1) is 25.3. The van der Waals surface area contributed by atoms with Crippen LogP contribution in [-0.4, -0.2) is 42.3 Å². The van der Waals surface area contributed by atoms with Gasteiger partial charge in [-0.1, -0.05) is 66.4 Å². The normalized spacial score (nSPS) is 20.5. The van der Waals surface area contributed by atoms with E-state index in [-0.39, 0.29) is 25.0 Å². The fraction of sp³-hybridized carbons (Fsp3) is 0.345. The maximum absolute atomic E-state index is 13.3. The standard InChI is InChI=1S/C29H31N3O4S/c1-19-26(28(34)36-16-15-35-2)27(21-10-4-3-5-11-21)32-22(18-37-29(32)30-19)17-25(33)31-24-14-8-12-20-9-6-7-13-23(20)24/h3-7,9-11,13,18,24,27H,8,12,14-17H2,1-2H3,(H,31,33)/t24-,27-/m1/s1. The number of aliphatic imine (C=N–C) groups is 1. The first-order chi connectivity index (χ1) is 18.1. The van der Waals surface area contributed by atoms with Crippen LogP contribution in [0.4, 0.5) is 0 Å². The third-order valence-corrected chi connectivity index (χ3v) is 7.79. The summed E-state index contributed by atoms with van der Waals surface area (Å²) in [6.07, 6.45) is 3.22. The van der Waals surface area contributed by atoms with Crippen LogP contribution in [0, 0.1) is 0 Å². The van der Waals surface area contributed by atoms with Gasteiger partial charge in [0.05, 0.1) is 36.4 Å². The fourth-order valence-corrected chi connectivity index (χ4v) is 6.15. The van der Waals surface area contributed by atoms with Gasteiger partial charge in [0.15, 0.2) is 5.17 Å². The zero-order valence-corrected chi connectivity index (χ0v) is 21.9. The van der Waals surface area contributed by atoms with Gasteiger partial charge in [0.25, 0.3) is 0 Å². The van der Waals surface area contributed by atoms with Crippen molar-refractivity contribution in [2.24, 2.45) is 4.99 Å². The molecular formula is C29H31N3O4S. The molecule has 8 heteroatoms. The number of methoxy groups -OCH3 is 1. The number of benzene rings is 2. The number of amidine groups is 1. The maximum atomic E-state index is 13.3. The van der Waals surface area contributed by atoms with Gasteiger partial charge in [0, 0.05) is 12.8 Å². The molecule has 2 aromatic carbocycles. The van der Waals surface area contributed by atoms with Gasteiger partial charge in [0.1, 0.15) is 6.61 Å². The highest BCUT2D eigenvalue weighted by Gasteiger charge is 2.41. The van der Waals surface area contributed by atoms with Crippen LogP contribution < -0.4 is 5.32 Å². The molecule has 3 aliphatic rings. The second-order valence-corrected chi connectivity index (χ2v) is 10.2. The van der Waals surface area contributed by atoms with E-state index >= 15 is 0 Å². The van der Waals surface area contributed by atoms with Crippen LogP contribution in [0.5, 0.6) is 0 Å². The fourth-order valence-electron chi connectivity index (χ4n) is 5.19. The van der Waals surface area contributed by atoms with Gasteiger partial charge in [0.2, 0.25) is 5.91 Å². The minimum atomic E-state index is -0.437. The van der Waals surface area contributed by atoms with Crippen molar-refractivity contribution in [2.75, 3.05) is 20.3 Å². The van der Waals surface area contributed by atoms with E-state index in [4.69, 9.17) is 14.5 Å². The third-order valence-electron chi connectivity index (χ3n) is 6.90. The van der Waals surface area contributed by atoms with Crippen molar-refractivity contribution in [3.8, 4) is 0 Å². The van der Waals surface area contributed by atoms with Crippen molar-refractivity contribution < 1.29 is 19.1 Å². The summed E-state index contributed by atoms with van der Waals surface area (Å²) < 4.78 is 10.6. The Morgan fingerprint density at radius 1 is 1.11 bits per heavy atom. The number of fused-ring (bicyclic) bond motifs is 2. The summed E-state index contributed by atoms with van der Waals surface area (Å²) in [5.74, 6) is -0.470. The highest BCUT2D eigenvalue weighted by molar-refractivity contribution is 8.16. The number of aryl methyl sites for hydroxylation is 1. The lowest BCUT2D eigenvalue weighted by atomic mass is 9.87. The minimum absolute atomic E-state index is 0.0139. The lowest BCUT2D eigenvalue weighted by Crippen LogP contribution is -2.38. The smallest absolute Gasteiger partial charge is 0.338 e. The number of amides is 1. The summed E-state index contributed by atoms with van der Waals surface area (Å²) in [7, 11) is 1.57. The molecule has 2 atom stereocenters. The molecule has 2 aliphatic heterocycles. The largest absolute Gasteiger partial charge is 0.460 e. The van der Waals surface area contributed by atoms with E-state index in [1.807, 2.05) is 53.6 Å². The lowest BCUT2D eigenvalue weighted by molar-refractivity contribution is -0.141. The average molecular weight is 518 g/mol. The summed E-state index contributed by atoms with van der Waals surface area (Å²) in [5.41, 5.74) is 5.35. The molecule has 37 heavy (non-hydrogen) atoms. The number of rotatable bonds is 8. The molecule has 192 valence electrons. The molecule has 2 aromatic rings. The first-order valence-electron chi connectivity index (χ1n) is 12.6. The van der Waals surface area contributed by atoms with Crippen LogP contribution in [0.2, 0.25) is 0 Å². The van der Waals surface area contributed by atoms with Crippen molar-refractivity contribution in [3.63, 3.8) is 0 Å². The van der Waals surface area contributed by atoms with Crippen LogP contribution >= 0.6 is 11.8 Å². The molecular weight excluding hydrogens is 486 g/mol. The molecule has 1 amide bonds. The van der Waals surface area contributed by atoms with E-state index in [2.05, 4.69) is 23.5 Å². The second-order valence-electron chi connectivity index (χ2n) is 9.32. The summed E-state index contributed by atoms with van der Waals surface area (Å²) in [5, 5.41) is 5.98. The number of nitrogens with zero attached hydrogens (tertiary/aromatic N) is 2. The Bertz CT molecular complexity index is 1270. The number of carbonyl (C=O) groups is 2. The average Bonchev–Trinajstić information content (AvgIpc) is 3.30. The molecule has 0 bridgehead atoms. The van der Waals surface area contributed by atoms with Gasteiger partial charge in [-0.25, -0.2) is 9.79 Å². The molecule has 1 N–H and O–H groups in total. The topological polar surface area (TPSA) is 80.2 Å². The molecule has 1 aliphatic carbocycles. The monoisotopic (exact) mass is 517 g/mol. The Hall–Kier alpha value is -3.36. The quantitative estimate of drug-likeness (QED) is 0.391. The molecule has 0 unspecified atom stereocenters. The van der Waals surface area contributed by atoms with Gasteiger partial charge in [-0.15, -0.1) is 0 Å². The van der Waals surface area contributed by atoms with Crippen LogP contribution in [-0.2, 0) is 25.5 Å². The van der Waals surface area contributed by atoms with Crippen LogP contribution in [0.25, 0.3) is 0 Å². The highest BCUT2D eigenvalue weighted by Crippen LogP contribution is 2.45. The van der Waals surface area contributed by atoms with Crippen LogP contribution in [0.3, 0.4) is 0 Å². The Labute approximate surface area is 221 Å². The maximum Gasteiger partial charge on any atom is 0.338 e. The third kappa shape index (κ3) is 5.36. The van der Waals surface area contributed by atoms with Crippen molar-refractivity contribution in [1.29, 1.82) is 0 Å². The molecule has 0 radical (unpaired) electrons. The predicted molar refractivity (Wildman–Crippen MR) is 145 cm³/mol. The summed E-state index contributed by atoms with van der Waals surface area (Å²) in [4.78, 5) is 33.3. The Morgan fingerprint density at radius 3 is 2.70 bits per heavy atom. The van der Waals surface area contributed by atoms with Crippen molar-refractivity contribution in [3.05, 3.63) is 93.7 Å². The minimum Gasteiger partial charge on any atom is -0.460 e. The number of hydrogen-bond acceptors (Lipinski definition) is 7. The highest BCUT2D eigenvalue weighted by atomic mass is 32.2. The molecule has 5 rings (SSSR count). The van der Waals surface area contributed by atoms with Gasteiger partial charge < -0.3 is 19.7 Å². The van der Waals surface area contributed by atoms with Gasteiger partial charge in [-0.2, -0.15) is 0 Å². The molecule has 0 saturated heterocycles. The zero-order chi connectivity index (χ0) is 25.8. The molecule has 0 spiro atoms. The Kier molecular flexibility index (Phi) is 7.76. The van der Waals surface area contributed by atoms with Crippen LogP contribution in [0.1, 0.15) is 55.0 Å². The Balaban J connectivity index is 1.39. The number of ether oxygens (including phenoxy) is 2. The van der Waals surface area contributed by atoms with Gasteiger partial charge in [-0.05, 0) is 48.3 Å². The number of esters is 1. The zero-order valence-electron chi connectivity index (χ0n) is 21.1. The van der Waals surface area contributed by atoms with E-state index in [1.165, 1.54) is 22.9 Å². The first-order valence-corrected chi connectivity index (χ1v) is 13.5. The Morgan fingerprint density at radius 2 is 1.89 bits per heavy atom. The number of thioether (sulfide) groups is 1. The summed E-state index contributed by atoms with van der Waals surface area (Å²) in [6, 6.07) is 17.7. The second kappa shape index (κ2) is 11.4. The molecule has 7 nitrogen and oxygen atoms in total. The lowest BCUT2D eigenvalue weighted by Gasteiger charge is -2.36. The molecule has 2 heterocycles. The van der Waals surface area contributed by atoms with E-state index in [0.29, 0.717) is 17.9 Å². The van der Waals surface area contributed by atoms with Crippen LogP contribution in [0.15, 0.2) is 82.0 Å². The van der Waals surface area contributed by atoms with E-state index in [9.17, 15) is 9.59 Å². The summed E-state index contributed by atoms with van der Waals surface area (Å²) >= 11 is 1.48. The van der Waals surface area contributed by atoms with E-state index < -0.39 is 12.0 Å². The van der Waals surface area contributed by atoms with Crippen molar-refractivity contribution in [2.45, 2.75) is 44.7 Å². The van der Waals surface area contributed by atoms with E-state index in [0.717, 1.165) is 35.7 Å². The van der Waals surface area contributed by atoms with Gasteiger partial charge >= 0.3 is 5.97 Å². The predicted octanol–water partition coefficient (Wildman–Crippen LogP) is 5.04. The number of hydrogen-bond donors (Lipinski definition) is 1.